The first-order valence-electron chi connectivity index (χ1n) is 8.57. The van der Waals surface area contributed by atoms with Crippen LogP contribution < -0.4 is 10.5 Å². The Morgan fingerprint density at radius 1 is 0.846 bits per heavy atom. The van der Waals surface area contributed by atoms with Crippen molar-refractivity contribution < 1.29 is 8.42 Å². The van der Waals surface area contributed by atoms with Gasteiger partial charge in [0.1, 0.15) is 0 Å². The number of nitrogens with two attached hydrogens (primary N) is 1. The zero-order chi connectivity index (χ0) is 18.1. The number of benzene rings is 3. The Balaban J connectivity index is 1.57. The molecular weight excluding hydrogens is 344 g/mol. The summed E-state index contributed by atoms with van der Waals surface area (Å²) in [7, 11) is -3.59. The lowest BCUT2D eigenvalue weighted by Crippen LogP contribution is -2.12. The molecule has 0 amide bonds. The summed E-state index contributed by atoms with van der Waals surface area (Å²) in [6.07, 6.45) is 1.05. The van der Waals surface area contributed by atoms with Crippen molar-refractivity contribution in [2.75, 3.05) is 4.72 Å². The Morgan fingerprint density at radius 3 is 2.19 bits per heavy atom. The summed E-state index contributed by atoms with van der Waals surface area (Å²) in [5, 5.41) is 0. The summed E-state index contributed by atoms with van der Waals surface area (Å²) < 4.78 is 27.6. The van der Waals surface area contributed by atoms with Crippen molar-refractivity contribution in [1.82, 2.24) is 0 Å². The summed E-state index contributed by atoms with van der Waals surface area (Å²) in [5.41, 5.74) is 9.72. The lowest BCUT2D eigenvalue weighted by Gasteiger charge is -2.10. The minimum atomic E-state index is -3.59. The highest BCUT2D eigenvalue weighted by Crippen LogP contribution is 2.39. The van der Waals surface area contributed by atoms with Crippen LogP contribution in [0.25, 0.3) is 11.1 Å². The van der Waals surface area contributed by atoms with Crippen molar-refractivity contribution in [3.05, 3.63) is 84.4 Å². The first kappa shape index (κ1) is 16.8. The lowest BCUT2D eigenvalue weighted by molar-refractivity contribution is 0.601. The van der Waals surface area contributed by atoms with Gasteiger partial charge in [0.2, 0.25) is 0 Å². The predicted octanol–water partition coefficient (Wildman–Crippen LogP) is 3.97. The van der Waals surface area contributed by atoms with Crippen LogP contribution in [0.5, 0.6) is 0 Å². The third kappa shape index (κ3) is 3.49. The first-order valence-corrected chi connectivity index (χ1v) is 10.1. The molecule has 1 aliphatic carbocycles. The largest absolute Gasteiger partial charge is 0.327 e. The second kappa shape index (κ2) is 6.59. The van der Waals surface area contributed by atoms with Crippen LogP contribution in [0.3, 0.4) is 0 Å². The van der Waals surface area contributed by atoms with Gasteiger partial charge in [0.15, 0.2) is 0 Å². The molecule has 4 nitrogen and oxygen atoms in total. The Labute approximate surface area is 153 Å². The molecule has 1 fully saturated rings. The molecule has 1 unspecified atom stereocenters. The van der Waals surface area contributed by atoms with E-state index in [-0.39, 0.29) is 10.9 Å². The van der Waals surface area contributed by atoms with Gasteiger partial charge in [-0.25, -0.2) is 8.42 Å². The molecule has 5 heteroatoms. The van der Waals surface area contributed by atoms with Gasteiger partial charge < -0.3 is 5.73 Å². The molecule has 3 N–H and O–H groups in total. The van der Waals surface area contributed by atoms with Gasteiger partial charge in [0, 0.05) is 17.6 Å². The standard InChI is InChI=1S/C21H20N2O2S/c22-21-14-20(21)16-11-9-15(10-12-16)17-5-4-6-18(13-17)23-26(24,25)19-7-2-1-3-8-19/h1-13,20-21,23H,14,22H2/t20?,21-/m0/s1. The van der Waals surface area contributed by atoms with E-state index in [1.165, 1.54) is 5.56 Å². The van der Waals surface area contributed by atoms with Gasteiger partial charge in [-0.1, -0.05) is 54.6 Å². The Bertz CT molecular complexity index is 1020. The van der Waals surface area contributed by atoms with Gasteiger partial charge in [0.25, 0.3) is 10.0 Å². The SMILES string of the molecule is N[C@H]1CC1c1ccc(-c2cccc(NS(=O)(=O)c3ccccc3)c2)cc1. The quantitative estimate of drug-likeness (QED) is 0.719. The third-order valence-electron chi connectivity index (χ3n) is 4.68. The van der Waals surface area contributed by atoms with E-state index in [0.717, 1.165) is 17.5 Å². The molecule has 26 heavy (non-hydrogen) atoms. The van der Waals surface area contributed by atoms with Crippen LogP contribution in [-0.2, 0) is 10.0 Å². The first-order chi connectivity index (χ1) is 12.5. The average molecular weight is 364 g/mol. The molecule has 0 saturated heterocycles. The van der Waals surface area contributed by atoms with Crippen molar-refractivity contribution in [2.24, 2.45) is 5.73 Å². The van der Waals surface area contributed by atoms with Crippen LogP contribution >= 0.6 is 0 Å². The van der Waals surface area contributed by atoms with E-state index in [1.807, 2.05) is 18.2 Å². The average Bonchev–Trinajstić information content (AvgIpc) is 3.39. The molecule has 2 atom stereocenters. The van der Waals surface area contributed by atoms with E-state index in [9.17, 15) is 8.42 Å². The number of hydrogen-bond acceptors (Lipinski definition) is 3. The summed E-state index contributed by atoms with van der Waals surface area (Å²) in [4.78, 5) is 0.246. The molecule has 4 rings (SSSR count). The van der Waals surface area contributed by atoms with Gasteiger partial charge in [0.05, 0.1) is 4.90 Å². The zero-order valence-electron chi connectivity index (χ0n) is 14.2. The van der Waals surface area contributed by atoms with Gasteiger partial charge >= 0.3 is 0 Å². The van der Waals surface area contributed by atoms with Crippen molar-refractivity contribution >= 4 is 15.7 Å². The second-order valence-electron chi connectivity index (χ2n) is 6.63. The van der Waals surface area contributed by atoms with E-state index >= 15 is 0 Å². The van der Waals surface area contributed by atoms with Crippen LogP contribution in [0.4, 0.5) is 5.69 Å². The van der Waals surface area contributed by atoms with Crippen molar-refractivity contribution in [3.63, 3.8) is 0 Å². The number of hydrogen-bond donors (Lipinski definition) is 2. The normalized spacial score (nSPS) is 19.1. The minimum Gasteiger partial charge on any atom is -0.327 e. The highest BCUT2D eigenvalue weighted by atomic mass is 32.2. The molecule has 132 valence electrons. The maximum absolute atomic E-state index is 12.5. The number of rotatable bonds is 5. The van der Waals surface area contributed by atoms with Gasteiger partial charge in [-0.3, -0.25) is 4.72 Å². The van der Waals surface area contributed by atoms with Crippen LogP contribution in [0, 0.1) is 0 Å². The fourth-order valence-electron chi connectivity index (χ4n) is 3.10. The summed E-state index contributed by atoms with van der Waals surface area (Å²) in [6.45, 7) is 0. The highest BCUT2D eigenvalue weighted by molar-refractivity contribution is 7.92. The highest BCUT2D eigenvalue weighted by Gasteiger charge is 2.34. The molecule has 0 spiro atoms. The molecule has 0 heterocycles. The van der Waals surface area contributed by atoms with Crippen LogP contribution in [0.1, 0.15) is 17.9 Å². The van der Waals surface area contributed by atoms with Crippen LogP contribution in [0.15, 0.2) is 83.8 Å². The van der Waals surface area contributed by atoms with Crippen molar-refractivity contribution in [3.8, 4) is 11.1 Å². The van der Waals surface area contributed by atoms with E-state index in [4.69, 9.17) is 5.73 Å². The fraction of sp³-hybridized carbons (Fsp3) is 0.143. The smallest absolute Gasteiger partial charge is 0.261 e. The van der Waals surface area contributed by atoms with Crippen LogP contribution in [0.2, 0.25) is 0 Å². The molecular formula is C21H20N2O2S. The minimum absolute atomic E-state index is 0.246. The van der Waals surface area contributed by atoms with Gasteiger partial charge in [-0.05, 0) is 47.4 Å². The monoisotopic (exact) mass is 364 g/mol. The van der Waals surface area contributed by atoms with E-state index < -0.39 is 10.0 Å². The Kier molecular flexibility index (Phi) is 4.26. The maximum atomic E-state index is 12.5. The Morgan fingerprint density at radius 2 is 1.54 bits per heavy atom. The predicted molar refractivity (Wildman–Crippen MR) is 104 cm³/mol. The van der Waals surface area contributed by atoms with E-state index in [0.29, 0.717) is 11.6 Å². The van der Waals surface area contributed by atoms with Crippen LogP contribution in [-0.4, -0.2) is 14.5 Å². The van der Waals surface area contributed by atoms with Crippen molar-refractivity contribution in [1.29, 1.82) is 0 Å². The second-order valence-corrected chi connectivity index (χ2v) is 8.31. The maximum Gasteiger partial charge on any atom is 0.261 e. The van der Waals surface area contributed by atoms with Gasteiger partial charge in [-0.2, -0.15) is 0 Å². The number of sulfonamides is 1. The molecule has 3 aromatic carbocycles. The molecule has 0 aromatic heterocycles. The van der Waals surface area contributed by atoms with Gasteiger partial charge in [-0.15, -0.1) is 0 Å². The fourth-order valence-corrected chi connectivity index (χ4v) is 4.17. The topological polar surface area (TPSA) is 72.2 Å². The lowest BCUT2D eigenvalue weighted by atomic mass is 10.0. The zero-order valence-corrected chi connectivity index (χ0v) is 15.0. The molecule has 0 radical (unpaired) electrons. The van der Waals surface area contributed by atoms with Crippen molar-refractivity contribution in [2.45, 2.75) is 23.3 Å². The molecule has 3 aromatic rings. The molecule has 0 aliphatic heterocycles. The molecule has 0 bridgehead atoms. The summed E-state index contributed by atoms with van der Waals surface area (Å²) in [5.74, 6) is 0.480. The number of nitrogens with one attached hydrogen (secondary N) is 1. The third-order valence-corrected chi connectivity index (χ3v) is 6.08. The molecule has 1 aliphatic rings. The summed E-state index contributed by atoms with van der Waals surface area (Å²) in [6, 6.07) is 24.4. The number of anilines is 1. The van der Waals surface area contributed by atoms with E-state index in [2.05, 4.69) is 29.0 Å². The summed E-state index contributed by atoms with van der Waals surface area (Å²) >= 11 is 0. The Hall–Kier alpha value is -2.63. The molecule has 1 saturated carbocycles. The van der Waals surface area contributed by atoms with E-state index in [1.54, 1.807) is 36.4 Å².